The van der Waals surface area contributed by atoms with Gasteiger partial charge in [-0.3, -0.25) is 14.9 Å². The smallest absolute Gasteiger partial charge is 0.282 e. The maximum Gasteiger partial charge on any atom is 0.282 e. The van der Waals surface area contributed by atoms with Gasteiger partial charge >= 0.3 is 0 Å². The van der Waals surface area contributed by atoms with Gasteiger partial charge in [0, 0.05) is 18.7 Å². The number of nitrogens with one attached hydrogen (secondary N) is 1. The molecule has 0 fully saturated rings. The molecule has 1 aromatic rings. The molecule has 1 aromatic carbocycles. The van der Waals surface area contributed by atoms with Gasteiger partial charge in [0.25, 0.3) is 11.6 Å². The van der Waals surface area contributed by atoms with Crippen molar-refractivity contribution in [1.82, 2.24) is 5.32 Å². The van der Waals surface area contributed by atoms with E-state index in [9.17, 15) is 14.9 Å². The van der Waals surface area contributed by atoms with Crippen molar-refractivity contribution in [2.24, 2.45) is 5.73 Å². The molecular formula is C10H14ClN3O3. The Kier molecular flexibility index (Phi) is 6.16. The molecule has 1 amide bonds. The first-order valence-corrected chi connectivity index (χ1v) is 4.80. The number of amides is 1. The number of hydrogen-bond acceptors (Lipinski definition) is 4. The van der Waals surface area contributed by atoms with Crippen LogP contribution >= 0.6 is 12.4 Å². The lowest BCUT2D eigenvalue weighted by Crippen LogP contribution is -2.38. The quantitative estimate of drug-likeness (QED) is 0.625. The summed E-state index contributed by atoms with van der Waals surface area (Å²) in [5, 5.41) is 13.3. The standard InChI is InChI=1S/C10H13N3O3.ClH/c1-7(6-11)12-10(14)8-4-2-3-5-9(8)13(15)16;/h2-5,7H,6,11H2,1H3,(H,12,14);1H/t7-;/m0./s1. The second kappa shape index (κ2) is 6.82. The predicted octanol–water partition coefficient (Wildman–Crippen LogP) is 1.09. The predicted molar refractivity (Wildman–Crippen MR) is 66.3 cm³/mol. The van der Waals surface area contributed by atoms with Crippen molar-refractivity contribution in [3.63, 3.8) is 0 Å². The average Bonchev–Trinajstić information content (AvgIpc) is 2.28. The Labute approximate surface area is 105 Å². The van der Waals surface area contributed by atoms with E-state index in [4.69, 9.17) is 5.73 Å². The number of carbonyl (C=O) groups excluding carboxylic acids is 1. The van der Waals surface area contributed by atoms with Crippen molar-refractivity contribution in [3.8, 4) is 0 Å². The number of nitro benzene ring substituents is 1. The van der Waals surface area contributed by atoms with E-state index in [1.165, 1.54) is 18.2 Å². The van der Waals surface area contributed by atoms with Crippen molar-refractivity contribution in [1.29, 1.82) is 0 Å². The number of rotatable bonds is 4. The number of hydrogen-bond donors (Lipinski definition) is 2. The highest BCUT2D eigenvalue weighted by Gasteiger charge is 2.19. The second-order valence-corrected chi connectivity index (χ2v) is 3.38. The van der Waals surface area contributed by atoms with E-state index in [0.717, 1.165) is 0 Å². The van der Waals surface area contributed by atoms with Crippen LogP contribution in [0.4, 0.5) is 5.69 Å². The number of nitro groups is 1. The first-order valence-electron chi connectivity index (χ1n) is 4.80. The Bertz CT molecular complexity index is 412. The van der Waals surface area contributed by atoms with E-state index >= 15 is 0 Å². The Morgan fingerprint density at radius 2 is 2.12 bits per heavy atom. The normalized spacial score (nSPS) is 11.2. The van der Waals surface area contributed by atoms with Gasteiger partial charge in [-0.25, -0.2) is 0 Å². The molecule has 0 saturated carbocycles. The average molecular weight is 260 g/mol. The monoisotopic (exact) mass is 259 g/mol. The third-order valence-electron chi connectivity index (χ3n) is 2.08. The lowest BCUT2D eigenvalue weighted by molar-refractivity contribution is -0.385. The zero-order valence-corrected chi connectivity index (χ0v) is 10.1. The molecule has 0 spiro atoms. The number of benzene rings is 1. The van der Waals surface area contributed by atoms with E-state index < -0.39 is 10.8 Å². The Morgan fingerprint density at radius 1 is 1.53 bits per heavy atom. The minimum absolute atomic E-state index is 0. The van der Waals surface area contributed by atoms with Gasteiger partial charge in [-0.05, 0) is 13.0 Å². The van der Waals surface area contributed by atoms with Crippen LogP contribution in [0.2, 0.25) is 0 Å². The van der Waals surface area contributed by atoms with E-state index in [1.807, 2.05) is 0 Å². The van der Waals surface area contributed by atoms with Crippen LogP contribution < -0.4 is 11.1 Å². The highest BCUT2D eigenvalue weighted by Crippen LogP contribution is 2.17. The van der Waals surface area contributed by atoms with Gasteiger partial charge in [0.05, 0.1) is 4.92 Å². The molecule has 0 bridgehead atoms. The van der Waals surface area contributed by atoms with Gasteiger partial charge < -0.3 is 11.1 Å². The molecule has 0 radical (unpaired) electrons. The Hall–Kier alpha value is -1.66. The van der Waals surface area contributed by atoms with Crippen molar-refractivity contribution in [3.05, 3.63) is 39.9 Å². The molecule has 7 heteroatoms. The summed E-state index contributed by atoms with van der Waals surface area (Å²) < 4.78 is 0. The minimum Gasteiger partial charge on any atom is -0.348 e. The maximum atomic E-state index is 11.7. The summed E-state index contributed by atoms with van der Waals surface area (Å²) in [5.74, 6) is -0.481. The molecule has 0 saturated heterocycles. The molecule has 17 heavy (non-hydrogen) atoms. The first-order chi connectivity index (χ1) is 7.56. The molecular weight excluding hydrogens is 246 g/mol. The number of halogens is 1. The number of para-hydroxylation sites is 1. The van der Waals surface area contributed by atoms with Crippen LogP contribution in [0.3, 0.4) is 0 Å². The fourth-order valence-corrected chi connectivity index (χ4v) is 1.19. The summed E-state index contributed by atoms with van der Waals surface area (Å²) in [6.45, 7) is 2.01. The summed E-state index contributed by atoms with van der Waals surface area (Å²) in [6, 6.07) is 5.59. The van der Waals surface area contributed by atoms with Crippen LogP contribution in [0.1, 0.15) is 17.3 Å². The van der Waals surface area contributed by atoms with Gasteiger partial charge in [0.2, 0.25) is 0 Å². The SMILES string of the molecule is C[C@@H](CN)NC(=O)c1ccccc1[N+](=O)[O-].Cl. The first kappa shape index (κ1) is 15.3. The van der Waals surface area contributed by atoms with E-state index in [1.54, 1.807) is 13.0 Å². The molecule has 1 rings (SSSR count). The van der Waals surface area contributed by atoms with Crippen molar-refractivity contribution >= 4 is 24.0 Å². The fourth-order valence-electron chi connectivity index (χ4n) is 1.19. The molecule has 0 unspecified atom stereocenters. The van der Waals surface area contributed by atoms with Gasteiger partial charge in [-0.2, -0.15) is 0 Å². The van der Waals surface area contributed by atoms with Crippen molar-refractivity contribution < 1.29 is 9.72 Å². The number of nitrogens with zero attached hydrogens (tertiary/aromatic N) is 1. The van der Waals surface area contributed by atoms with Crippen LogP contribution in [0.5, 0.6) is 0 Å². The zero-order valence-electron chi connectivity index (χ0n) is 9.25. The fraction of sp³-hybridized carbons (Fsp3) is 0.300. The zero-order chi connectivity index (χ0) is 12.1. The molecule has 6 nitrogen and oxygen atoms in total. The lowest BCUT2D eigenvalue weighted by atomic mass is 10.1. The van der Waals surface area contributed by atoms with Crippen LogP contribution in [-0.4, -0.2) is 23.4 Å². The summed E-state index contributed by atoms with van der Waals surface area (Å²) in [6.07, 6.45) is 0. The summed E-state index contributed by atoms with van der Waals surface area (Å²) in [5.41, 5.74) is 5.19. The molecule has 0 aliphatic heterocycles. The Morgan fingerprint density at radius 3 is 2.65 bits per heavy atom. The summed E-state index contributed by atoms with van der Waals surface area (Å²) in [7, 11) is 0. The summed E-state index contributed by atoms with van der Waals surface area (Å²) in [4.78, 5) is 21.8. The van der Waals surface area contributed by atoms with E-state index in [2.05, 4.69) is 5.32 Å². The summed E-state index contributed by atoms with van der Waals surface area (Å²) >= 11 is 0. The molecule has 94 valence electrons. The van der Waals surface area contributed by atoms with Gasteiger partial charge in [0.1, 0.15) is 5.56 Å². The van der Waals surface area contributed by atoms with Crippen molar-refractivity contribution in [2.75, 3.05) is 6.54 Å². The van der Waals surface area contributed by atoms with Crippen LogP contribution in [0, 0.1) is 10.1 Å². The van der Waals surface area contributed by atoms with Crippen molar-refractivity contribution in [2.45, 2.75) is 13.0 Å². The molecule has 1 atom stereocenters. The highest BCUT2D eigenvalue weighted by molar-refractivity contribution is 5.98. The van der Waals surface area contributed by atoms with Crippen LogP contribution in [0.25, 0.3) is 0 Å². The van der Waals surface area contributed by atoms with Crippen LogP contribution in [0.15, 0.2) is 24.3 Å². The molecule has 3 N–H and O–H groups in total. The second-order valence-electron chi connectivity index (χ2n) is 3.38. The third-order valence-corrected chi connectivity index (χ3v) is 2.08. The van der Waals surface area contributed by atoms with Gasteiger partial charge in [-0.1, -0.05) is 12.1 Å². The maximum absolute atomic E-state index is 11.7. The third kappa shape index (κ3) is 4.01. The van der Waals surface area contributed by atoms with E-state index in [-0.39, 0.29) is 36.2 Å². The van der Waals surface area contributed by atoms with E-state index in [0.29, 0.717) is 0 Å². The largest absolute Gasteiger partial charge is 0.348 e. The lowest BCUT2D eigenvalue weighted by Gasteiger charge is -2.10. The molecule has 0 aliphatic rings. The highest BCUT2D eigenvalue weighted by atomic mass is 35.5. The minimum atomic E-state index is -0.581. The molecule has 0 heterocycles. The molecule has 0 aliphatic carbocycles. The Balaban J connectivity index is 0.00000256. The topological polar surface area (TPSA) is 98.3 Å². The number of nitrogens with two attached hydrogens (primary N) is 1. The molecule has 0 aromatic heterocycles. The van der Waals surface area contributed by atoms with Crippen LogP contribution in [-0.2, 0) is 0 Å². The number of carbonyl (C=O) groups is 1. The van der Waals surface area contributed by atoms with Gasteiger partial charge in [0.15, 0.2) is 0 Å². The van der Waals surface area contributed by atoms with Gasteiger partial charge in [-0.15, -0.1) is 12.4 Å².